The summed E-state index contributed by atoms with van der Waals surface area (Å²) >= 11 is 1.84. The second-order valence-corrected chi connectivity index (χ2v) is 22.2. The number of benzene rings is 3. The summed E-state index contributed by atoms with van der Waals surface area (Å²) in [5.41, 5.74) is 8.33. The van der Waals surface area contributed by atoms with Gasteiger partial charge in [-0.1, -0.05) is 63.0 Å². The monoisotopic (exact) mass is 837 g/mol. The number of anilines is 2. The number of hydrogen-bond donors (Lipinski definition) is 2. The smallest absolute Gasteiger partial charge is 0.264 e. The summed E-state index contributed by atoms with van der Waals surface area (Å²) in [4.78, 5) is 22.2. The maximum atomic E-state index is 13.5. The van der Waals surface area contributed by atoms with Gasteiger partial charge in [0.15, 0.2) is 0 Å². The van der Waals surface area contributed by atoms with Gasteiger partial charge in [-0.05, 0) is 154 Å². The first-order valence-corrected chi connectivity index (χ1v) is 24.9. The average Bonchev–Trinajstić information content (AvgIpc) is 3.20. The van der Waals surface area contributed by atoms with E-state index < -0.39 is 15.9 Å². The Morgan fingerprint density at radius 2 is 1.58 bits per heavy atom. The molecule has 2 aliphatic heterocycles. The molecule has 3 saturated carbocycles. The second kappa shape index (κ2) is 17.6. The zero-order valence-corrected chi connectivity index (χ0v) is 37.7. The Bertz CT molecular complexity index is 2070. The molecule has 0 unspecified atom stereocenters. The number of nitrogens with zero attached hydrogens (tertiary/aromatic N) is 3. The fraction of sp³-hybridized carbons (Fsp3) is 0.571. The molecule has 4 aliphatic carbocycles. The summed E-state index contributed by atoms with van der Waals surface area (Å²) in [6.07, 6.45) is 14.3. The maximum Gasteiger partial charge on any atom is 0.264 e. The minimum Gasteiger partial charge on any atom is -0.381 e. The molecule has 2 N–H and O–H groups in total. The zero-order valence-electron chi connectivity index (χ0n) is 36.0. The maximum absolute atomic E-state index is 13.5. The van der Waals surface area contributed by atoms with Crippen LogP contribution >= 0.6 is 11.8 Å². The van der Waals surface area contributed by atoms with Gasteiger partial charge in [0.1, 0.15) is 0 Å². The van der Waals surface area contributed by atoms with E-state index in [0.717, 1.165) is 81.5 Å². The number of hydrogen-bond acceptors (Lipinski definition) is 8. The summed E-state index contributed by atoms with van der Waals surface area (Å²) in [5.74, 6) is 0.283. The number of piperazine rings is 1. The predicted octanol–water partition coefficient (Wildman–Crippen LogP) is 9.77. The Kier molecular flexibility index (Phi) is 12.6. The molecule has 0 spiro atoms. The van der Waals surface area contributed by atoms with Crippen LogP contribution in [0.5, 0.6) is 0 Å². The number of thioether (sulfide) groups is 1. The van der Waals surface area contributed by atoms with Crippen molar-refractivity contribution in [3.63, 3.8) is 0 Å². The van der Waals surface area contributed by atoms with Gasteiger partial charge in [0.05, 0.1) is 4.90 Å². The molecule has 59 heavy (non-hydrogen) atoms. The highest BCUT2D eigenvalue weighted by Crippen LogP contribution is 2.79. The number of carbonyl (C=O) groups is 1. The molecular formula is C49H67N5O3S2. The first-order chi connectivity index (χ1) is 28.3. The van der Waals surface area contributed by atoms with Crippen LogP contribution in [0, 0.1) is 23.2 Å². The van der Waals surface area contributed by atoms with Crippen LogP contribution in [0.1, 0.15) is 107 Å². The van der Waals surface area contributed by atoms with Crippen LogP contribution in [0.4, 0.5) is 11.4 Å². The molecule has 318 valence electrons. The minimum atomic E-state index is -4.07. The molecule has 6 aliphatic rings. The quantitative estimate of drug-likeness (QED) is 0.109. The molecule has 8 nitrogen and oxygen atoms in total. The number of allylic oxidation sites excluding steroid dienone is 1. The van der Waals surface area contributed by atoms with Crippen molar-refractivity contribution >= 4 is 39.1 Å². The van der Waals surface area contributed by atoms with Crippen LogP contribution < -0.4 is 14.9 Å². The third-order valence-corrected chi connectivity index (χ3v) is 17.0. The third-order valence-electron chi connectivity index (χ3n) is 14.5. The summed E-state index contributed by atoms with van der Waals surface area (Å²) in [7, 11) is -4.07. The first kappa shape index (κ1) is 42.4. The van der Waals surface area contributed by atoms with Crippen molar-refractivity contribution in [2.45, 2.75) is 114 Å². The van der Waals surface area contributed by atoms with Gasteiger partial charge in [0.2, 0.25) is 0 Å². The number of amides is 1. The Morgan fingerprint density at radius 1 is 0.864 bits per heavy atom. The Morgan fingerprint density at radius 3 is 2.25 bits per heavy atom. The Labute approximate surface area is 359 Å². The van der Waals surface area contributed by atoms with E-state index in [2.05, 4.69) is 69.8 Å². The van der Waals surface area contributed by atoms with Crippen LogP contribution in [-0.2, 0) is 10.0 Å². The fourth-order valence-electron chi connectivity index (χ4n) is 10.9. The van der Waals surface area contributed by atoms with E-state index >= 15 is 0 Å². The van der Waals surface area contributed by atoms with Gasteiger partial charge in [-0.3, -0.25) is 9.69 Å². The van der Waals surface area contributed by atoms with E-state index in [0.29, 0.717) is 21.8 Å². The molecule has 3 aromatic carbocycles. The van der Waals surface area contributed by atoms with Crippen LogP contribution in [0.15, 0.2) is 93.7 Å². The topological polar surface area (TPSA) is 85.0 Å². The molecule has 1 amide bonds. The van der Waals surface area contributed by atoms with E-state index in [1.165, 1.54) is 69.1 Å². The molecule has 2 heterocycles. The molecule has 0 aromatic heterocycles. The molecule has 2 saturated heterocycles. The lowest BCUT2D eigenvalue weighted by atomic mass is 9.31. The lowest BCUT2D eigenvalue weighted by Gasteiger charge is -2.73. The standard InChI is InChI=1S/C49H67N5O3S2/c1-5-48-34-49(35-48,36-48)44-31-47(3,4)22-20-39(44)32-53-26-28-54(29-27-53)41-16-14-38(15-17-41)46(55)51-59(56,57)43-18-19-45(37(2)30-43)50-40(21-25-52-23-10-7-11-24-52)33-58-42-12-8-6-9-13-42/h6,8-9,12-19,30,40,50H,5,7,10-11,20-29,31-36H2,1-4H3,(H,51,55)/t40-,48?,49?/m1/s1. The number of piperidine rings is 1. The van der Waals surface area contributed by atoms with Crippen molar-refractivity contribution in [3.05, 3.63) is 95.1 Å². The van der Waals surface area contributed by atoms with Gasteiger partial charge in [0.25, 0.3) is 15.9 Å². The van der Waals surface area contributed by atoms with E-state index in [-0.39, 0.29) is 10.9 Å². The lowest BCUT2D eigenvalue weighted by molar-refractivity contribution is -0.182. The van der Waals surface area contributed by atoms with Gasteiger partial charge in [-0.15, -0.1) is 11.8 Å². The van der Waals surface area contributed by atoms with Crippen molar-refractivity contribution in [1.29, 1.82) is 0 Å². The minimum absolute atomic E-state index is 0.0841. The number of sulfonamides is 1. The van der Waals surface area contributed by atoms with E-state index in [1.807, 2.05) is 48.5 Å². The van der Waals surface area contributed by atoms with Crippen LogP contribution in [0.3, 0.4) is 0 Å². The molecule has 5 fully saturated rings. The van der Waals surface area contributed by atoms with Gasteiger partial charge >= 0.3 is 0 Å². The molecule has 9 rings (SSSR count). The fourth-order valence-corrected chi connectivity index (χ4v) is 12.9. The summed E-state index contributed by atoms with van der Waals surface area (Å²) in [5, 5.41) is 3.74. The number of rotatable bonds is 16. The van der Waals surface area contributed by atoms with Gasteiger partial charge < -0.3 is 15.1 Å². The highest BCUT2D eigenvalue weighted by Gasteiger charge is 2.68. The van der Waals surface area contributed by atoms with Crippen molar-refractivity contribution in [3.8, 4) is 0 Å². The molecule has 0 radical (unpaired) electrons. The molecule has 2 bridgehead atoms. The third kappa shape index (κ3) is 9.77. The van der Waals surface area contributed by atoms with Gasteiger partial charge in [-0.25, -0.2) is 13.1 Å². The zero-order chi connectivity index (χ0) is 41.3. The average molecular weight is 838 g/mol. The molecular weight excluding hydrogens is 771 g/mol. The Hall–Kier alpha value is -3.31. The predicted molar refractivity (Wildman–Crippen MR) is 244 cm³/mol. The normalized spacial score (nSPS) is 25.2. The van der Waals surface area contributed by atoms with Gasteiger partial charge in [-0.2, -0.15) is 0 Å². The van der Waals surface area contributed by atoms with E-state index in [4.69, 9.17) is 0 Å². The van der Waals surface area contributed by atoms with Crippen molar-refractivity contribution < 1.29 is 13.2 Å². The highest BCUT2D eigenvalue weighted by molar-refractivity contribution is 7.99. The Balaban J connectivity index is 0.844. The summed E-state index contributed by atoms with van der Waals surface area (Å²) in [6.45, 7) is 17.6. The summed E-state index contributed by atoms with van der Waals surface area (Å²) in [6, 6.07) is 23.2. The van der Waals surface area contributed by atoms with Crippen LogP contribution in [0.2, 0.25) is 0 Å². The summed E-state index contributed by atoms with van der Waals surface area (Å²) < 4.78 is 29.3. The number of likely N-dealkylation sites (tertiary alicyclic amines) is 1. The molecule has 1 atom stereocenters. The largest absolute Gasteiger partial charge is 0.381 e. The van der Waals surface area contributed by atoms with E-state index in [9.17, 15) is 13.2 Å². The van der Waals surface area contributed by atoms with Crippen molar-refractivity contribution in [2.24, 2.45) is 16.2 Å². The molecule has 10 heteroatoms. The van der Waals surface area contributed by atoms with E-state index in [1.54, 1.807) is 29.8 Å². The SMILES string of the molecule is CCC12CC(C3=C(CN4CCN(c5ccc(C(=O)NS(=O)(=O)c6ccc(N[C@H](CCN7CCCCC7)CSc7ccccc7)c(C)c6)cc5)CC4)CCC(C)(C)C3)(C1)C2. The highest BCUT2D eigenvalue weighted by atomic mass is 32.2. The van der Waals surface area contributed by atoms with Crippen molar-refractivity contribution in [2.75, 3.05) is 68.3 Å². The lowest BCUT2D eigenvalue weighted by Crippen LogP contribution is -2.63. The first-order valence-electron chi connectivity index (χ1n) is 22.5. The number of nitrogens with one attached hydrogen (secondary N) is 2. The number of aryl methyl sites for hydroxylation is 1. The van der Waals surface area contributed by atoms with Crippen LogP contribution in [-0.4, -0.2) is 88.3 Å². The van der Waals surface area contributed by atoms with Crippen molar-refractivity contribution in [1.82, 2.24) is 14.5 Å². The number of carbonyl (C=O) groups excluding carboxylic acids is 1. The van der Waals surface area contributed by atoms with Crippen LogP contribution in [0.25, 0.3) is 0 Å². The molecule has 3 aromatic rings. The van der Waals surface area contributed by atoms with Gasteiger partial charge in [0, 0.05) is 72.9 Å². The second-order valence-electron chi connectivity index (χ2n) is 19.5.